The van der Waals surface area contributed by atoms with Crippen LogP contribution in [0.4, 0.5) is 34.1 Å². The zero-order valence-electron chi connectivity index (χ0n) is 40.3. The highest BCUT2D eigenvalue weighted by Gasteiger charge is 2.53. The summed E-state index contributed by atoms with van der Waals surface area (Å²) in [6.45, 7) is 4.75. The largest absolute Gasteiger partial charge is 0.310 e. The van der Waals surface area contributed by atoms with Gasteiger partial charge in [0.2, 0.25) is 0 Å². The van der Waals surface area contributed by atoms with Gasteiger partial charge in [-0.05, 0) is 139 Å². The standard InChI is InChI=1S/C70H50N2/c1-69(2)59-29-15-12-26-55(59)56-45-44-54(46-64(56)69)72(51-24-10-5-11-25-51)66-35-19-33-63-68(66)58-28-14-17-31-61(58)70(63)60-30-16-13-27-57(60)67-62(70)32-18-34-65(67)71(52-40-36-49(37-41-52)47-20-6-3-7-21-47)53-42-38-50(39-43-53)48-22-8-4-9-23-48/h3-46H,1-2H3. The summed E-state index contributed by atoms with van der Waals surface area (Å²) in [5, 5.41) is 0. The maximum Gasteiger partial charge on any atom is 0.0727 e. The molecule has 11 aromatic rings. The average molecular weight is 919 g/mol. The van der Waals surface area contributed by atoms with Gasteiger partial charge in [-0.25, -0.2) is 0 Å². The van der Waals surface area contributed by atoms with Gasteiger partial charge >= 0.3 is 0 Å². The van der Waals surface area contributed by atoms with Gasteiger partial charge in [0.25, 0.3) is 0 Å². The first-order valence-corrected chi connectivity index (χ1v) is 25.2. The van der Waals surface area contributed by atoms with Crippen LogP contribution in [0.5, 0.6) is 0 Å². The molecule has 0 amide bonds. The molecule has 72 heavy (non-hydrogen) atoms. The molecule has 0 radical (unpaired) electrons. The van der Waals surface area contributed by atoms with Gasteiger partial charge in [0.1, 0.15) is 0 Å². The second-order valence-corrected chi connectivity index (χ2v) is 20.0. The smallest absolute Gasteiger partial charge is 0.0727 e. The summed E-state index contributed by atoms with van der Waals surface area (Å²) in [6.07, 6.45) is 0. The van der Waals surface area contributed by atoms with Crippen molar-refractivity contribution in [2.75, 3.05) is 9.80 Å². The highest BCUT2D eigenvalue weighted by atomic mass is 15.2. The summed E-state index contributed by atoms with van der Waals surface area (Å²) in [7, 11) is 0. The van der Waals surface area contributed by atoms with Crippen molar-refractivity contribution >= 4 is 34.1 Å². The first-order chi connectivity index (χ1) is 35.5. The monoisotopic (exact) mass is 918 g/mol. The Hall–Kier alpha value is -8.98. The molecule has 11 aromatic carbocycles. The van der Waals surface area contributed by atoms with Crippen molar-refractivity contribution in [1.29, 1.82) is 0 Å². The minimum absolute atomic E-state index is 0.143. The topological polar surface area (TPSA) is 6.48 Å². The number of benzene rings is 11. The molecule has 14 rings (SSSR count). The number of rotatable bonds is 8. The van der Waals surface area contributed by atoms with Crippen molar-refractivity contribution in [3.05, 3.63) is 300 Å². The lowest BCUT2D eigenvalue weighted by molar-refractivity contribution is 0.660. The third-order valence-corrected chi connectivity index (χ3v) is 15.9. The van der Waals surface area contributed by atoms with E-state index in [4.69, 9.17) is 0 Å². The van der Waals surface area contributed by atoms with E-state index in [0.29, 0.717) is 0 Å². The van der Waals surface area contributed by atoms with Gasteiger partial charge in [-0.3, -0.25) is 0 Å². The van der Waals surface area contributed by atoms with Crippen molar-refractivity contribution < 1.29 is 0 Å². The zero-order chi connectivity index (χ0) is 48.0. The Morgan fingerprint density at radius 2 is 0.611 bits per heavy atom. The third-order valence-electron chi connectivity index (χ3n) is 15.9. The van der Waals surface area contributed by atoms with Crippen LogP contribution in [0.2, 0.25) is 0 Å². The third kappa shape index (κ3) is 6.15. The summed E-state index contributed by atoms with van der Waals surface area (Å²) in [4.78, 5) is 4.98. The van der Waals surface area contributed by atoms with E-state index in [1.54, 1.807) is 0 Å². The predicted octanol–water partition coefficient (Wildman–Crippen LogP) is 18.6. The van der Waals surface area contributed by atoms with Crippen LogP contribution in [0, 0.1) is 0 Å². The molecule has 3 aliphatic rings. The normalized spacial score (nSPS) is 15.0. The molecular weight excluding hydrogens is 869 g/mol. The maximum absolute atomic E-state index is 2.51. The first-order valence-electron chi connectivity index (χ1n) is 25.2. The van der Waals surface area contributed by atoms with Crippen molar-refractivity contribution in [2.24, 2.45) is 0 Å². The molecule has 2 heteroatoms. The van der Waals surface area contributed by atoms with Crippen LogP contribution in [0.1, 0.15) is 47.2 Å². The van der Waals surface area contributed by atoms with Gasteiger partial charge in [0.05, 0.1) is 16.8 Å². The summed E-state index contributed by atoms with van der Waals surface area (Å²) in [6, 6.07) is 99.0. The second-order valence-electron chi connectivity index (χ2n) is 20.0. The van der Waals surface area contributed by atoms with Gasteiger partial charge in [0, 0.05) is 39.3 Å². The van der Waals surface area contributed by atoms with E-state index in [1.807, 2.05) is 0 Å². The SMILES string of the molecule is CC1(C)c2ccccc2-c2ccc(N(c3ccccc3)c3cccc4c3-c3ccccc3C43c4ccccc4-c4c(N(c5ccc(-c6ccccc6)cc5)c5ccc(-c6ccccc6)cc5)cccc43)cc21. The number of hydrogen-bond acceptors (Lipinski definition) is 2. The lowest BCUT2D eigenvalue weighted by atomic mass is 9.70. The Balaban J connectivity index is 0.989. The molecule has 1 atom stereocenters. The van der Waals surface area contributed by atoms with Gasteiger partial charge in [-0.1, -0.05) is 220 Å². The summed E-state index contributed by atoms with van der Waals surface area (Å²) < 4.78 is 0. The fourth-order valence-corrected chi connectivity index (χ4v) is 12.7. The van der Waals surface area contributed by atoms with Crippen molar-refractivity contribution in [3.63, 3.8) is 0 Å². The molecule has 3 aliphatic carbocycles. The highest BCUT2D eigenvalue weighted by molar-refractivity contribution is 6.04. The van der Waals surface area contributed by atoms with E-state index in [9.17, 15) is 0 Å². The van der Waals surface area contributed by atoms with Crippen LogP contribution in [-0.4, -0.2) is 0 Å². The second kappa shape index (κ2) is 16.3. The van der Waals surface area contributed by atoms with Gasteiger partial charge in [0.15, 0.2) is 0 Å². The van der Waals surface area contributed by atoms with E-state index in [2.05, 4.69) is 291 Å². The van der Waals surface area contributed by atoms with Crippen LogP contribution >= 0.6 is 0 Å². The fourth-order valence-electron chi connectivity index (χ4n) is 12.7. The molecule has 0 aliphatic heterocycles. The number of hydrogen-bond donors (Lipinski definition) is 0. The molecule has 0 aromatic heterocycles. The van der Waals surface area contributed by atoms with E-state index >= 15 is 0 Å². The molecule has 0 saturated carbocycles. The van der Waals surface area contributed by atoms with Crippen LogP contribution in [0.25, 0.3) is 55.6 Å². The molecule has 0 heterocycles. The summed E-state index contributed by atoms with van der Waals surface area (Å²) in [5.41, 5.74) is 26.4. The zero-order valence-corrected chi connectivity index (χ0v) is 40.3. The summed E-state index contributed by atoms with van der Waals surface area (Å²) >= 11 is 0. The molecule has 1 spiro atoms. The van der Waals surface area contributed by atoms with Gasteiger partial charge < -0.3 is 9.80 Å². The minimum atomic E-state index is -0.589. The van der Waals surface area contributed by atoms with Crippen LogP contribution in [-0.2, 0) is 10.8 Å². The van der Waals surface area contributed by atoms with Gasteiger partial charge in [-0.2, -0.15) is 0 Å². The maximum atomic E-state index is 2.51. The predicted molar refractivity (Wildman–Crippen MR) is 301 cm³/mol. The quantitative estimate of drug-likeness (QED) is 0.150. The molecular formula is C70H50N2. The Morgan fingerprint density at radius 1 is 0.250 bits per heavy atom. The molecule has 340 valence electrons. The van der Waals surface area contributed by atoms with Crippen LogP contribution in [0.15, 0.2) is 267 Å². The van der Waals surface area contributed by atoms with Gasteiger partial charge in [-0.15, -0.1) is 0 Å². The molecule has 0 bridgehead atoms. The lowest BCUT2D eigenvalue weighted by Crippen LogP contribution is -2.26. The first kappa shape index (κ1) is 41.9. The Morgan fingerprint density at radius 3 is 1.12 bits per heavy atom. The average Bonchev–Trinajstić information content (AvgIpc) is 4.02. The van der Waals surface area contributed by atoms with Crippen molar-refractivity contribution in [1.82, 2.24) is 0 Å². The molecule has 2 nitrogen and oxygen atoms in total. The van der Waals surface area contributed by atoms with Crippen LogP contribution in [0.3, 0.4) is 0 Å². The van der Waals surface area contributed by atoms with Crippen molar-refractivity contribution in [3.8, 4) is 55.6 Å². The Bertz CT molecular complexity index is 3790. The van der Waals surface area contributed by atoms with Crippen LogP contribution < -0.4 is 9.80 Å². The Labute approximate surface area is 422 Å². The molecule has 0 N–H and O–H groups in total. The number of para-hydroxylation sites is 1. The van der Waals surface area contributed by atoms with Crippen molar-refractivity contribution in [2.45, 2.75) is 24.7 Å². The molecule has 0 fully saturated rings. The minimum Gasteiger partial charge on any atom is -0.310 e. The number of anilines is 6. The van der Waals surface area contributed by atoms with E-state index in [1.165, 1.54) is 89.0 Å². The molecule has 1 unspecified atom stereocenters. The number of nitrogens with zero attached hydrogens (tertiary/aromatic N) is 2. The molecule has 0 saturated heterocycles. The van der Waals surface area contributed by atoms with E-state index in [-0.39, 0.29) is 5.41 Å². The van der Waals surface area contributed by atoms with E-state index in [0.717, 1.165) is 34.1 Å². The summed E-state index contributed by atoms with van der Waals surface area (Å²) in [5.74, 6) is 0. The Kier molecular flexibility index (Phi) is 9.50. The number of fused-ring (bicyclic) bond motifs is 13. The lowest BCUT2D eigenvalue weighted by Gasteiger charge is -2.33. The highest BCUT2D eigenvalue weighted by Crippen LogP contribution is 2.66. The fraction of sp³-hybridized carbons (Fsp3) is 0.0571. The van der Waals surface area contributed by atoms with E-state index < -0.39 is 5.41 Å².